The number of nitrogens with zero attached hydrogens (tertiary/aromatic N) is 2. The highest BCUT2D eigenvalue weighted by Crippen LogP contribution is 2.26. The second-order valence-corrected chi connectivity index (χ2v) is 6.26. The van der Waals surface area contributed by atoms with E-state index >= 15 is 0 Å². The average Bonchev–Trinajstić information content (AvgIpc) is 2.96. The molecule has 3 rings (SSSR count). The van der Waals surface area contributed by atoms with E-state index in [0.29, 0.717) is 5.92 Å². The Balaban J connectivity index is 1.70. The summed E-state index contributed by atoms with van der Waals surface area (Å²) in [5, 5.41) is 7.25. The number of halogens is 1. The molecular weight excluding hydrogens is 285 g/mol. The van der Waals surface area contributed by atoms with E-state index in [-0.39, 0.29) is 5.82 Å². The van der Waals surface area contributed by atoms with Crippen LogP contribution in [0, 0.1) is 11.7 Å². The van der Waals surface area contributed by atoms with Gasteiger partial charge in [0.05, 0.1) is 5.69 Å². The molecule has 0 unspecified atom stereocenters. The van der Waals surface area contributed by atoms with Gasteiger partial charge in [-0.15, -0.1) is 11.3 Å². The lowest BCUT2D eigenvalue weighted by Gasteiger charge is -2.19. The summed E-state index contributed by atoms with van der Waals surface area (Å²) in [6.07, 6.45) is 4.82. The van der Waals surface area contributed by atoms with Crippen molar-refractivity contribution >= 4 is 22.2 Å². The van der Waals surface area contributed by atoms with Crippen LogP contribution in [0.4, 0.5) is 9.52 Å². The van der Waals surface area contributed by atoms with Gasteiger partial charge in [-0.2, -0.15) is 5.10 Å². The van der Waals surface area contributed by atoms with Crippen molar-refractivity contribution in [2.75, 3.05) is 5.43 Å². The van der Waals surface area contributed by atoms with Gasteiger partial charge in [0.15, 0.2) is 0 Å². The van der Waals surface area contributed by atoms with Crippen molar-refractivity contribution in [3.8, 4) is 11.3 Å². The summed E-state index contributed by atoms with van der Waals surface area (Å²) in [7, 11) is 0. The highest BCUT2D eigenvalue weighted by molar-refractivity contribution is 7.14. The first-order valence-electron chi connectivity index (χ1n) is 7.26. The van der Waals surface area contributed by atoms with Crippen LogP contribution in [0.15, 0.2) is 34.7 Å². The number of rotatable bonds is 3. The van der Waals surface area contributed by atoms with Gasteiger partial charge in [-0.25, -0.2) is 9.37 Å². The molecule has 0 spiro atoms. The molecule has 0 aliphatic heterocycles. The summed E-state index contributed by atoms with van der Waals surface area (Å²) in [5.74, 6) is 0.327. The number of anilines is 1. The SMILES string of the molecule is C[C@@H]1CCCC/C1=N/Nc1nc(-c2ccc(F)cc2)cs1. The third-order valence-electron chi connectivity index (χ3n) is 3.83. The summed E-state index contributed by atoms with van der Waals surface area (Å²) < 4.78 is 12.9. The van der Waals surface area contributed by atoms with Gasteiger partial charge in [0.25, 0.3) is 0 Å². The Bertz CT molecular complexity index is 633. The maximum absolute atomic E-state index is 12.9. The van der Waals surface area contributed by atoms with Crippen LogP contribution < -0.4 is 5.43 Å². The molecule has 0 bridgehead atoms. The van der Waals surface area contributed by atoms with E-state index in [1.165, 1.54) is 48.4 Å². The van der Waals surface area contributed by atoms with Gasteiger partial charge in [0.1, 0.15) is 5.82 Å². The summed E-state index contributed by atoms with van der Waals surface area (Å²) in [4.78, 5) is 4.50. The summed E-state index contributed by atoms with van der Waals surface area (Å²) in [5.41, 5.74) is 6.07. The maximum Gasteiger partial charge on any atom is 0.203 e. The zero-order chi connectivity index (χ0) is 14.7. The quantitative estimate of drug-likeness (QED) is 0.817. The molecule has 5 heteroatoms. The molecule has 1 atom stereocenters. The topological polar surface area (TPSA) is 37.3 Å². The summed E-state index contributed by atoms with van der Waals surface area (Å²) in [6, 6.07) is 6.38. The Labute approximate surface area is 127 Å². The standard InChI is InChI=1S/C16H18FN3S/c1-11-4-2-3-5-14(11)19-20-16-18-15(10-21-16)12-6-8-13(17)9-7-12/h6-11H,2-5H2,1H3,(H,18,20)/b19-14-/t11-/m1/s1. The van der Waals surface area contributed by atoms with Crippen molar-refractivity contribution in [2.45, 2.75) is 32.6 Å². The van der Waals surface area contributed by atoms with E-state index in [0.717, 1.165) is 22.8 Å². The van der Waals surface area contributed by atoms with Crippen LogP contribution in [0.25, 0.3) is 11.3 Å². The lowest BCUT2D eigenvalue weighted by atomic mass is 9.89. The zero-order valence-electron chi connectivity index (χ0n) is 12.0. The van der Waals surface area contributed by atoms with E-state index in [4.69, 9.17) is 0 Å². The van der Waals surface area contributed by atoms with Gasteiger partial charge < -0.3 is 0 Å². The third kappa shape index (κ3) is 3.47. The monoisotopic (exact) mass is 303 g/mol. The second kappa shape index (κ2) is 6.35. The van der Waals surface area contributed by atoms with Crippen molar-refractivity contribution in [2.24, 2.45) is 11.0 Å². The fourth-order valence-corrected chi connectivity index (χ4v) is 3.20. The van der Waals surface area contributed by atoms with E-state index in [1.54, 1.807) is 12.1 Å². The van der Waals surface area contributed by atoms with E-state index in [9.17, 15) is 4.39 Å². The van der Waals surface area contributed by atoms with Gasteiger partial charge in [-0.05, 0) is 49.4 Å². The van der Waals surface area contributed by atoms with Crippen LogP contribution in [-0.4, -0.2) is 10.7 Å². The molecule has 2 aromatic rings. The van der Waals surface area contributed by atoms with Gasteiger partial charge >= 0.3 is 0 Å². The lowest BCUT2D eigenvalue weighted by molar-refractivity contribution is 0.558. The summed E-state index contributed by atoms with van der Waals surface area (Å²) >= 11 is 1.52. The zero-order valence-corrected chi connectivity index (χ0v) is 12.8. The smallest absolute Gasteiger partial charge is 0.203 e. The first-order chi connectivity index (χ1) is 10.2. The van der Waals surface area contributed by atoms with Crippen LogP contribution in [0.5, 0.6) is 0 Å². The Morgan fingerprint density at radius 2 is 2.10 bits per heavy atom. The summed E-state index contributed by atoms with van der Waals surface area (Å²) in [6.45, 7) is 2.23. The van der Waals surface area contributed by atoms with E-state index < -0.39 is 0 Å². The van der Waals surface area contributed by atoms with Crippen LogP contribution in [-0.2, 0) is 0 Å². The highest BCUT2D eigenvalue weighted by atomic mass is 32.1. The Morgan fingerprint density at radius 1 is 1.29 bits per heavy atom. The molecule has 1 aliphatic carbocycles. The molecule has 0 amide bonds. The number of thiazole rings is 1. The first-order valence-corrected chi connectivity index (χ1v) is 8.14. The number of nitrogens with one attached hydrogen (secondary N) is 1. The Morgan fingerprint density at radius 3 is 2.86 bits per heavy atom. The molecule has 1 aliphatic rings. The lowest BCUT2D eigenvalue weighted by Crippen LogP contribution is -2.17. The third-order valence-corrected chi connectivity index (χ3v) is 4.58. The minimum absolute atomic E-state index is 0.231. The number of hydrogen-bond donors (Lipinski definition) is 1. The number of aromatic nitrogens is 1. The van der Waals surface area contributed by atoms with Gasteiger partial charge in [-0.3, -0.25) is 5.43 Å². The molecule has 0 radical (unpaired) electrons. The highest BCUT2D eigenvalue weighted by Gasteiger charge is 2.15. The molecule has 1 fully saturated rings. The molecule has 1 aromatic heterocycles. The first kappa shape index (κ1) is 14.2. The van der Waals surface area contributed by atoms with Gasteiger partial charge in [-0.1, -0.05) is 13.3 Å². The molecule has 110 valence electrons. The van der Waals surface area contributed by atoms with Crippen LogP contribution in [0.2, 0.25) is 0 Å². The van der Waals surface area contributed by atoms with Crippen LogP contribution in [0.1, 0.15) is 32.6 Å². The number of hydrogen-bond acceptors (Lipinski definition) is 4. The molecule has 21 heavy (non-hydrogen) atoms. The number of benzene rings is 1. The van der Waals surface area contributed by atoms with Crippen molar-refractivity contribution < 1.29 is 4.39 Å². The Hall–Kier alpha value is -1.75. The minimum atomic E-state index is -0.231. The molecule has 3 nitrogen and oxygen atoms in total. The minimum Gasteiger partial charge on any atom is -0.253 e. The molecule has 1 N–H and O–H groups in total. The maximum atomic E-state index is 12.9. The van der Waals surface area contributed by atoms with Crippen molar-refractivity contribution in [1.82, 2.24) is 4.98 Å². The fraction of sp³-hybridized carbons (Fsp3) is 0.375. The van der Waals surface area contributed by atoms with Crippen LogP contribution in [0.3, 0.4) is 0 Å². The normalized spacial score (nSPS) is 20.7. The van der Waals surface area contributed by atoms with E-state index in [1.807, 2.05) is 5.38 Å². The van der Waals surface area contributed by atoms with Crippen molar-refractivity contribution in [1.29, 1.82) is 0 Å². The Kier molecular flexibility index (Phi) is 4.29. The average molecular weight is 303 g/mol. The fourth-order valence-electron chi connectivity index (χ4n) is 2.53. The molecule has 1 saturated carbocycles. The molecule has 1 heterocycles. The van der Waals surface area contributed by atoms with Crippen molar-refractivity contribution in [3.05, 3.63) is 35.5 Å². The molecule has 0 saturated heterocycles. The second-order valence-electron chi connectivity index (χ2n) is 5.41. The van der Waals surface area contributed by atoms with Gasteiger partial charge in [0, 0.05) is 16.7 Å². The van der Waals surface area contributed by atoms with Gasteiger partial charge in [0.2, 0.25) is 5.13 Å². The molecule has 1 aromatic carbocycles. The molecular formula is C16H18FN3S. The van der Waals surface area contributed by atoms with Crippen LogP contribution >= 0.6 is 11.3 Å². The van der Waals surface area contributed by atoms with E-state index in [2.05, 4.69) is 22.4 Å². The number of hydrazone groups is 1. The van der Waals surface area contributed by atoms with Crippen molar-refractivity contribution in [3.63, 3.8) is 0 Å². The predicted molar refractivity (Wildman–Crippen MR) is 86.2 cm³/mol. The largest absolute Gasteiger partial charge is 0.253 e. The predicted octanol–water partition coefficient (Wildman–Crippen LogP) is 4.93.